The van der Waals surface area contributed by atoms with Gasteiger partial charge in [0.05, 0.1) is 29.8 Å². The van der Waals surface area contributed by atoms with Crippen molar-refractivity contribution in [3.63, 3.8) is 0 Å². The van der Waals surface area contributed by atoms with E-state index in [0.717, 1.165) is 67.6 Å². The zero-order valence-corrected chi connectivity index (χ0v) is 20.7. The normalized spacial score (nSPS) is 21.0. The van der Waals surface area contributed by atoms with E-state index in [0.29, 0.717) is 17.1 Å². The molecule has 4 heterocycles. The van der Waals surface area contributed by atoms with Gasteiger partial charge >= 0.3 is 0 Å². The van der Waals surface area contributed by atoms with E-state index in [1.54, 1.807) is 12.1 Å². The maximum Gasteiger partial charge on any atom is 0.276 e. The Balaban J connectivity index is 1.13. The predicted octanol–water partition coefficient (Wildman–Crippen LogP) is 3.43. The Morgan fingerprint density at radius 1 is 1.00 bits per heavy atom. The summed E-state index contributed by atoms with van der Waals surface area (Å²) in [6.07, 6.45) is 17.0. The predicted molar refractivity (Wildman–Crippen MR) is 143 cm³/mol. The average molecular weight is 498 g/mol. The van der Waals surface area contributed by atoms with Crippen LogP contribution in [0.15, 0.2) is 59.6 Å². The molecule has 2 amide bonds. The molecule has 1 unspecified atom stereocenters. The molecule has 6 rings (SSSR count). The van der Waals surface area contributed by atoms with E-state index >= 15 is 0 Å². The number of carbonyl (C=O) groups is 2. The minimum atomic E-state index is -0.309. The number of hydrogen-bond donors (Lipinski definition) is 3. The second-order valence-corrected chi connectivity index (χ2v) is 10.1. The third-order valence-electron chi connectivity index (χ3n) is 7.55. The largest absolute Gasteiger partial charge is 0.370 e. The first-order chi connectivity index (χ1) is 18.1. The first kappa shape index (κ1) is 23.4. The molecule has 1 saturated heterocycles. The van der Waals surface area contributed by atoms with Crippen LogP contribution in [0.4, 0.5) is 11.4 Å². The topological polar surface area (TPSA) is 112 Å². The molecule has 1 saturated carbocycles. The standard InChI is InChI=1S/C28H31N7O2/c36-27(31-20-5-1-2-6-20)25-10-8-21(16-30-25)32-28(37)26-23-14-18(7-9-24(23)33-34-26)19-13-22(17-29-15-19)35-11-3-4-12-35/h7-8,10,13-17,20,24,33H,1-6,9,11-12H2,(H,31,36)(H,32,37). The van der Waals surface area contributed by atoms with Gasteiger partial charge in [-0.15, -0.1) is 0 Å². The number of pyridine rings is 2. The van der Waals surface area contributed by atoms with Crippen LogP contribution in [0.3, 0.4) is 0 Å². The molecule has 0 radical (unpaired) electrons. The SMILES string of the molecule is O=C(Nc1ccc(C(=O)NC2CCCC2)nc1)C1=NNC2CC=C(c3cncc(N4CCCC4)c3)C=C12. The highest BCUT2D eigenvalue weighted by Crippen LogP contribution is 2.31. The minimum Gasteiger partial charge on any atom is -0.370 e. The van der Waals surface area contributed by atoms with Gasteiger partial charge in [-0.1, -0.05) is 18.9 Å². The van der Waals surface area contributed by atoms with Gasteiger partial charge in [0.15, 0.2) is 5.71 Å². The number of fused-ring (bicyclic) bond motifs is 1. The molecule has 2 fully saturated rings. The van der Waals surface area contributed by atoms with Crippen LogP contribution in [0, 0.1) is 0 Å². The van der Waals surface area contributed by atoms with Crippen LogP contribution in [0.1, 0.15) is 61.0 Å². The fourth-order valence-electron chi connectivity index (χ4n) is 5.50. The molecule has 3 N–H and O–H groups in total. The lowest BCUT2D eigenvalue weighted by Crippen LogP contribution is -2.33. The number of aromatic nitrogens is 2. The van der Waals surface area contributed by atoms with Gasteiger partial charge in [-0.3, -0.25) is 14.6 Å². The summed E-state index contributed by atoms with van der Waals surface area (Å²) < 4.78 is 0. The summed E-state index contributed by atoms with van der Waals surface area (Å²) in [6.45, 7) is 2.13. The van der Waals surface area contributed by atoms with Crippen LogP contribution < -0.4 is 21.0 Å². The highest BCUT2D eigenvalue weighted by Gasteiger charge is 2.32. The molecule has 190 valence electrons. The molecule has 9 nitrogen and oxygen atoms in total. The molecule has 2 aliphatic carbocycles. The number of carbonyl (C=O) groups excluding carboxylic acids is 2. The summed E-state index contributed by atoms with van der Waals surface area (Å²) >= 11 is 0. The lowest BCUT2D eigenvalue weighted by molar-refractivity contribution is -0.110. The Labute approximate surface area is 216 Å². The molecule has 0 spiro atoms. The van der Waals surface area contributed by atoms with Gasteiger partial charge in [0.1, 0.15) is 5.69 Å². The zero-order valence-electron chi connectivity index (χ0n) is 20.7. The van der Waals surface area contributed by atoms with Crippen molar-refractivity contribution in [2.75, 3.05) is 23.3 Å². The number of amides is 2. The summed E-state index contributed by atoms with van der Waals surface area (Å²) in [5, 5.41) is 10.2. The third-order valence-corrected chi connectivity index (χ3v) is 7.55. The second kappa shape index (κ2) is 10.2. The van der Waals surface area contributed by atoms with Gasteiger partial charge in [-0.05, 0) is 62.0 Å². The lowest BCUT2D eigenvalue weighted by atomic mass is 9.89. The van der Waals surface area contributed by atoms with E-state index in [9.17, 15) is 9.59 Å². The fraction of sp³-hybridized carbons (Fsp3) is 0.393. The molecule has 0 aromatic carbocycles. The first-order valence-electron chi connectivity index (χ1n) is 13.2. The summed E-state index contributed by atoms with van der Waals surface area (Å²) in [4.78, 5) is 36.7. The van der Waals surface area contributed by atoms with E-state index in [4.69, 9.17) is 0 Å². The maximum absolute atomic E-state index is 13.1. The lowest BCUT2D eigenvalue weighted by Gasteiger charge is -2.20. The Morgan fingerprint density at radius 3 is 2.62 bits per heavy atom. The molecule has 37 heavy (non-hydrogen) atoms. The van der Waals surface area contributed by atoms with Crippen molar-refractivity contribution < 1.29 is 9.59 Å². The highest BCUT2D eigenvalue weighted by molar-refractivity contribution is 6.49. The van der Waals surface area contributed by atoms with Crippen molar-refractivity contribution in [3.8, 4) is 0 Å². The van der Waals surface area contributed by atoms with Crippen molar-refractivity contribution >= 4 is 34.5 Å². The number of hydrogen-bond acceptors (Lipinski definition) is 7. The molecular formula is C28H31N7O2. The van der Waals surface area contributed by atoms with Crippen LogP contribution in [-0.4, -0.2) is 52.7 Å². The monoisotopic (exact) mass is 497 g/mol. The Bertz CT molecular complexity index is 1290. The summed E-state index contributed by atoms with van der Waals surface area (Å²) in [6, 6.07) is 5.72. The maximum atomic E-state index is 13.1. The molecule has 4 aliphatic rings. The van der Waals surface area contributed by atoms with Crippen molar-refractivity contribution in [3.05, 3.63) is 65.8 Å². The van der Waals surface area contributed by atoms with Crippen LogP contribution in [0.2, 0.25) is 0 Å². The molecule has 9 heteroatoms. The zero-order chi connectivity index (χ0) is 25.2. The summed E-state index contributed by atoms with van der Waals surface area (Å²) in [5.41, 5.74) is 8.40. The molecule has 2 aliphatic heterocycles. The van der Waals surface area contributed by atoms with Gasteiger partial charge in [0.2, 0.25) is 0 Å². The number of allylic oxidation sites excluding steroid dienone is 2. The number of nitrogens with zero attached hydrogens (tertiary/aromatic N) is 4. The number of hydrazone groups is 1. The smallest absolute Gasteiger partial charge is 0.276 e. The summed E-state index contributed by atoms with van der Waals surface area (Å²) in [7, 11) is 0. The van der Waals surface area contributed by atoms with Gasteiger partial charge in [-0.2, -0.15) is 5.10 Å². The van der Waals surface area contributed by atoms with E-state index in [2.05, 4.69) is 48.2 Å². The third kappa shape index (κ3) is 4.98. The van der Waals surface area contributed by atoms with Gasteiger partial charge in [0, 0.05) is 36.5 Å². The van der Waals surface area contributed by atoms with Crippen LogP contribution >= 0.6 is 0 Å². The Kier molecular flexibility index (Phi) is 6.42. The van der Waals surface area contributed by atoms with Gasteiger partial charge in [0.25, 0.3) is 11.8 Å². The van der Waals surface area contributed by atoms with E-state index in [1.807, 2.05) is 18.5 Å². The van der Waals surface area contributed by atoms with E-state index in [-0.39, 0.29) is 23.9 Å². The van der Waals surface area contributed by atoms with Crippen LogP contribution in [0.5, 0.6) is 0 Å². The number of rotatable bonds is 6. The van der Waals surface area contributed by atoms with Crippen molar-refractivity contribution in [2.45, 2.75) is 57.0 Å². The van der Waals surface area contributed by atoms with Crippen molar-refractivity contribution in [1.82, 2.24) is 20.7 Å². The molecule has 2 aromatic heterocycles. The van der Waals surface area contributed by atoms with Gasteiger partial charge < -0.3 is 21.0 Å². The minimum absolute atomic E-state index is 0.0287. The number of anilines is 2. The molecular weight excluding hydrogens is 466 g/mol. The molecule has 2 aromatic rings. The van der Waals surface area contributed by atoms with Crippen molar-refractivity contribution in [1.29, 1.82) is 0 Å². The second-order valence-electron chi connectivity index (χ2n) is 10.1. The Hall–Kier alpha value is -4.01. The van der Waals surface area contributed by atoms with E-state index in [1.165, 1.54) is 19.0 Å². The molecule has 1 atom stereocenters. The first-order valence-corrected chi connectivity index (χ1v) is 13.2. The summed E-state index contributed by atoms with van der Waals surface area (Å²) in [5.74, 6) is -0.483. The molecule has 0 bridgehead atoms. The number of nitrogens with one attached hydrogen (secondary N) is 3. The highest BCUT2D eigenvalue weighted by atomic mass is 16.2. The quantitative estimate of drug-likeness (QED) is 0.564. The average Bonchev–Trinajstić information content (AvgIpc) is 3.71. The van der Waals surface area contributed by atoms with Crippen molar-refractivity contribution in [2.24, 2.45) is 5.10 Å². The van der Waals surface area contributed by atoms with Crippen LogP contribution in [0.25, 0.3) is 5.57 Å². The van der Waals surface area contributed by atoms with Gasteiger partial charge in [-0.25, -0.2) is 4.98 Å². The fourth-order valence-corrected chi connectivity index (χ4v) is 5.50. The van der Waals surface area contributed by atoms with E-state index < -0.39 is 0 Å². The van der Waals surface area contributed by atoms with Crippen LogP contribution in [-0.2, 0) is 4.79 Å². The Morgan fingerprint density at radius 2 is 1.84 bits per heavy atom.